The lowest BCUT2D eigenvalue weighted by molar-refractivity contribution is 0.571. The first kappa shape index (κ1) is 15.6. The van der Waals surface area contributed by atoms with Crippen LogP contribution in [0.5, 0.6) is 0 Å². The summed E-state index contributed by atoms with van der Waals surface area (Å²) < 4.78 is 41.0. The summed E-state index contributed by atoms with van der Waals surface area (Å²) >= 11 is 5.64. The summed E-state index contributed by atoms with van der Waals surface area (Å²) in [5, 5.41) is -0.337. The zero-order chi connectivity index (χ0) is 15.8. The van der Waals surface area contributed by atoms with Crippen molar-refractivity contribution in [3.63, 3.8) is 0 Å². The minimum Gasteiger partial charge on any atom is -0.399 e. The third kappa shape index (κ3) is 3.11. The molecule has 0 amide bonds. The van der Waals surface area contributed by atoms with E-state index >= 15 is 0 Å². The number of hydrogen-bond acceptors (Lipinski definition) is 3. The van der Waals surface area contributed by atoms with Crippen molar-refractivity contribution in [2.45, 2.75) is 18.7 Å². The molecule has 2 aromatic rings. The third-order valence-electron chi connectivity index (χ3n) is 3.16. The van der Waals surface area contributed by atoms with Crippen LogP contribution in [0.25, 0.3) is 0 Å². The molecule has 0 bridgehead atoms. The lowest BCUT2D eigenvalue weighted by atomic mass is 10.1. The van der Waals surface area contributed by atoms with E-state index in [0.717, 1.165) is 23.3 Å². The van der Waals surface area contributed by atoms with Gasteiger partial charge in [-0.05, 0) is 43.2 Å². The molecule has 2 rings (SSSR count). The maximum Gasteiger partial charge on any atom is 0.264 e. The number of rotatable bonds is 3. The number of aryl methyl sites for hydroxylation is 1. The van der Waals surface area contributed by atoms with Crippen LogP contribution in [0.4, 0.5) is 15.8 Å². The Morgan fingerprint density at radius 1 is 1.24 bits per heavy atom. The van der Waals surface area contributed by atoms with Gasteiger partial charge in [0.2, 0.25) is 0 Å². The average Bonchev–Trinajstić information content (AvgIpc) is 2.39. The predicted molar refractivity (Wildman–Crippen MR) is 82.5 cm³/mol. The van der Waals surface area contributed by atoms with Crippen molar-refractivity contribution in [1.29, 1.82) is 0 Å². The predicted octanol–water partition coefficient (Wildman–Crippen LogP) is 3.48. The fourth-order valence-electron chi connectivity index (χ4n) is 1.84. The van der Waals surface area contributed by atoms with Gasteiger partial charge >= 0.3 is 0 Å². The molecule has 3 N–H and O–H groups in total. The Morgan fingerprint density at radius 2 is 1.90 bits per heavy atom. The first-order valence-electron chi connectivity index (χ1n) is 6.06. The van der Waals surface area contributed by atoms with Crippen LogP contribution in [0.15, 0.2) is 35.2 Å². The number of nitrogen functional groups attached to an aromatic ring is 1. The molecule has 0 unspecified atom stereocenters. The van der Waals surface area contributed by atoms with Gasteiger partial charge in [0.25, 0.3) is 10.0 Å². The zero-order valence-corrected chi connectivity index (χ0v) is 13.0. The molecule has 2 aromatic carbocycles. The second-order valence-corrected chi connectivity index (χ2v) is 6.73. The molecule has 0 aromatic heterocycles. The molecule has 0 fully saturated rings. The van der Waals surface area contributed by atoms with Gasteiger partial charge in [0.15, 0.2) is 5.82 Å². The number of nitrogens with two attached hydrogens (primary N) is 1. The Labute approximate surface area is 127 Å². The van der Waals surface area contributed by atoms with Crippen LogP contribution in [-0.2, 0) is 10.0 Å². The molecule has 0 atom stereocenters. The van der Waals surface area contributed by atoms with Gasteiger partial charge < -0.3 is 5.73 Å². The van der Waals surface area contributed by atoms with Crippen LogP contribution >= 0.6 is 11.6 Å². The molecule has 21 heavy (non-hydrogen) atoms. The summed E-state index contributed by atoms with van der Waals surface area (Å²) in [5.74, 6) is -1.02. The minimum absolute atomic E-state index is 0.0720. The van der Waals surface area contributed by atoms with E-state index in [2.05, 4.69) is 4.72 Å². The number of sulfonamides is 1. The summed E-state index contributed by atoms with van der Waals surface area (Å²) in [6.45, 7) is 3.63. The maximum atomic E-state index is 14.0. The van der Waals surface area contributed by atoms with Crippen molar-refractivity contribution in [2.75, 3.05) is 10.5 Å². The topological polar surface area (TPSA) is 72.2 Å². The van der Waals surface area contributed by atoms with Crippen molar-refractivity contribution in [3.05, 3.63) is 52.3 Å². The number of halogens is 2. The van der Waals surface area contributed by atoms with Crippen LogP contribution in [0.3, 0.4) is 0 Å². The monoisotopic (exact) mass is 328 g/mol. The van der Waals surface area contributed by atoms with Crippen molar-refractivity contribution in [2.24, 2.45) is 0 Å². The lowest BCUT2D eigenvalue weighted by Crippen LogP contribution is -2.16. The van der Waals surface area contributed by atoms with Crippen LogP contribution < -0.4 is 10.5 Å². The second kappa shape index (κ2) is 5.54. The standard InChI is InChI=1S/C14H14ClFN2O2S/c1-8-4-3-5-12(9(8)2)18-21(19,20)13-7-10(17)6-11(15)14(13)16/h3-7,18H,17H2,1-2H3. The van der Waals surface area contributed by atoms with Gasteiger partial charge in [-0.1, -0.05) is 23.7 Å². The summed E-state index contributed by atoms with van der Waals surface area (Å²) in [5.41, 5.74) is 7.66. The molecule has 0 radical (unpaired) electrons. The van der Waals surface area contributed by atoms with Gasteiger partial charge in [0.05, 0.1) is 10.7 Å². The van der Waals surface area contributed by atoms with E-state index in [1.54, 1.807) is 19.1 Å². The molecule has 0 aliphatic rings. The zero-order valence-electron chi connectivity index (χ0n) is 11.4. The highest BCUT2D eigenvalue weighted by molar-refractivity contribution is 7.92. The van der Waals surface area contributed by atoms with Crippen LogP contribution in [0.1, 0.15) is 11.1 Å². The van der Waals surface area contributed by atoms with Crippen LogP contribution in [0, 0.1) is 19.7 Å². The Hall–Kier alpha value is -1.79. The molecule has 112 valence electrons. The highest BCUT2D eigenvalue weighted by Gasteiger charge is 2.22. The van der Waals surface area contributed by atoms with Gasteiger partial charge in [-0.2, -0.15) is 0 Å². The Kier molecular flexibility index (Phi) is 4.11. The highest BCUT2D eigenvalue weighted by Crippen LogP contribution is 2.28. The number of hydrogen-bond donors (Lipinski definition) is 2. The van der Waals surface area contributed by atoms with E-state index < -0.39 is 20.7 Å². The van der Waals surface area contributed by atoms with Crippen molar-refractivity contribution in [1.82, 2.24) is 0 Å². The van der Waals surface area contributed by atoms with Gasteiger partial charge in [0.1, 0.15) is 4.90 Å². The van der Waals surface area contributed by atoms with E-state index in [0.29, 0.717) is 5.69 Å². The molecule has 0 aliphatic carbocycles. The lowest BCUT2D eigenvalue weighted by Gasteiger charge is -2.13. The molecular formula is C14H14ClFN2O2S. The van der Waals surface area contributed by atoms with E-state index in [1.165, 1.54) is 0 Å². The summed E-state index contributed by atoms with van der Waals surface area (Å²) in [7, 11) is -4.12. The fourth-order valence-corrected chi connectivity index (χ4v) is 3.38. The highest BCUT2D eigenvalue weighted by atomic mass is 35.5. The number of nitrogens with one attached hydrogen (secondary N) is 1. The van der Waals surface area contributed by atoms with Gasteiger partial charge in [0, 0.05) is 5.69 Å². The Morgan fingerprint density at radius 3 is 2.57 bits per heavy atom. The number of anilines is 2. The first-order valence-corrected chi connectivity index (χ1v) is 7.92. The van der Waals surface area contributed by atoms with E-state index in [4.69, 9.17) is 17.3 Å². The van der Waals surface area contributed by atoms with Crippen molar-refractivity contribution < 1.29 is 12.8 Å². The van der Waals surface area contributed by atoms with Crippen molar-refractivity contribution >= 4 is 33.0 Å². The van der Waals surface area contributed by atoms with E-state index in [1.807, 2.05) is 13.0 Å². The molecule has 0 saturated carbocycles. The Balaban J connectivity index is 2.51. The third-order valence-corrected chi connectivity index (χ3v) is 4.80. The van der Waals surface area contributed by atoms with E-state index in [9.17, 15) is 12.8 Å². The Bertz CT molecular complexity index is 807. The molecule has 0 spiro atoms. The van der Waals surface area contributed by atoms with Gasteiger partial charge in [-0.3, -0.25) is 4.72 Å². The summed E-state index contributed by atoms with van der Waals surface area (Å²) in [6, 6.07) is 7.36. The second-order valence-electron chi connectivity index (χ2n) is 4.67. The molecule has 4 nitrogen and oxygen atoms in total. The summed E-state index contributed by atoms with van der Waals surface area (Å²) in [4.78, 5) is -0.576. The molecule has 0 heterocycles. The summed E-state index contributed by atoms with van der Waals surface area (Å²) in [6.07, 6.45) is 0. The average molecular weight is 329 g/mol. The van der Waals surface area contributed by atoms with Crippen LogP contribution in [-0.4, -0.2) is 8.42 Å². The SMILES string of the molecule is Cc1cccc(NS(=O)(=O)c2cc(N)cc(Cl)c2F)c1C. The molecule has 0 aliphatic heterocycles. The molecule has 7 heteroatoms. The van der Waals surface area contributed by atoms with Gasteiger partial charge in [-0.25, -0.2) is 12.8 Å². The molecule has 0 saturated heterocycles. The van der Waals surface area contributed by atoms with Gasteiger partial charge in [-0.15, -0.1) is 0 Å². The van der Waals surface area contributed by atoms with Crippen molar-refractivity contribution in [3.8, 4) is 0 Å². The number of benzene rings is 2. The minimum atomic E-state index is -4.12. The largest absolute Gasteiger partial charge is 0.399 e. The first-order chi connectivity index (χ1) is 9.72. The van der Waals surface area contributed by atoms with Crippen LogP contribution in [0.2, 0.25) is 5.02 Å². The normalized spacial score (nSPS) is 11.4. The smallest absolute Gasteiger partial charge is 0.264 e. The maximum absolute atomic E-state index is 14.0. The molecular weight excluding hydrogens is 315 g/mol. The quantitative estimate of drug-likeness (QED) is 0.847. The fraction of sp³-hybridized carbons (Fsp3) is 0.143. The van der Waals surface area contributed by atoms with E-state index in [-0.39, 0.29) is 10.7 Å².